The molecule has 4 rings (SSSR count). The fourth-order valence-electron chi connectivity index (χ4n) is 4.70. The van der Waals surface area contributed by atoms with Gasteiger partial charge < -0.3 is 4.74 Å². The van der Waals surface area contributed by atoms with E-state index < -0.39 is 10.0 Å². The molecule has 170 valence electrons. The summed E-state index contributed by atoms with van der Waals surface area (Å²) in [5.41, 5.74) is 1.94. The number of nitrogens with zero attached hydrogens (tertiary/aromatic N) is 1. The summed E-state index contributed by atoms with van der Waals surface area (Å²) in [5, 5.41) is 0. The van der Waals surface area contributed by atoms with Gasteiger partial charge in [0, 0.05) is 12.1 Å². The number of hydrogen-bond donors (Lipinski definition) is 1. The van der Waals surface area contributed by atoms with Gasteiger partial charge in [0.05, 0.1) is 30.4 Å². The Bertz CT molecular complexity index is 1120. The van der Waals surface area contributed by atoms with E-state index in [0.29, 0.717) is 16.9 Å². The minimum atomic E-state index is -3.81. The fraction of sp³-hybridized carbons (Fsp3) is 0.417. The van der Waals surface area contributed by atoms with Crippen molar-refractivity contribution in [3.05, 3.63) is 59.2 Å². The van der Waals surface area contributed by atoms with Crippen molar-refractivity contribution in [2.45, 2.75) is 50.6 Å². The van der Waals surface area contributed by atoms with Crippen LogP contribution in [0.2, 0.25) is 0 Å². The van der Waals surface area contributed by atoms with Crippen molar-refractivity contribution >= 4 is 21.8 Å². The standard InChI is InChI=1S/C24H28N2O5S/c1-16-11-12-17(15-26-23(27)19-8-4-5-9-20(19)24(26)28)13-22(16)32(29,30)25-14-18-7-3-6-10-21(18)31-2/h3,6-7,10-13,19-20,25H,4-5,8-9,14-15H2,1-2H3/t19-,20-/m0/s1. The minimum Gasteiger partial charge on any atom is -0.496 e. The molecule has 8 heteroatoms. The summed E-state index contributed by atoms with van der Waals surface area (Å²) < 4.78 is 34.0. The van der Waals surface area contributed by atoms with Crippen molar-refractivity contribution in [1.29, 1.82) is 0 Å². The lowest BCUT2D eigenvalue weighted by molar-refractivity contribution is -0.140. The number of aryl methyl sites for hydroxylation is 1. The van der Waals surface area contributed by atoms with E-state index in [9.17, 15) is 18.0 Å². The van der Waals surface area contributed by atoms with Crippen molar-refractivity contribution in [2.24, 2.45) is 11.8 Å². The van der Waals surface area contributed by atoms with Gasteiger partial charge in [-0.1, -0.05) is 43.2 Å². The van der Waals surface area contributed by atoms with Gasteiger partial charge in [0.1, 0.15) is 5.75 Å². The van der Waals surface area contributed by atoms with Crippen LogP contribution in [-0.2, 0) is 32.7 Å². The van der Waals surface area contributed by atoms with Gasteiger partial charge in [0.25, 0.3) is 0 Å². The van der Waals surface area contributed by atoms with E-state index in [1.54, 1.807) is 37.3 Å². The minimum absolute atomic E-state index is 0.0858. The average molecular weight is 457 g/mol. The Morgan fingerprint density at radius 1 is 1.03 bits per heavy atom. The molecule has 1 aliphatic carbocycles. The lowest BCUT2D eigenvalue weighted by atomic mass is 9.81. The highest BCUT2D eigenvalue weighted by Crippen LogP contribution is 2.38. The van der Waals surface area contributed by atoms with Crippen molar-refractivity contribution in [1.82, 2.24) is 9.62 Å². The third-order valence-electron chi connectivity index (χ3n) is 6.46. The summed E-state index contributed by atoms with van der Waals surface area (Å²) >= 11 is 0. The van der Waals surface area contributed by atoms with Crippen molar-refractivity contribution in [3.8, 4) is 5.75 Å². The van der Waals surface area contributed by atoms with E-state index >= 15 is 0 Å². The van der Waals surface area contributed by atoms with Crippen molar-refractivity contribution < 1.29 is 22.7 Å². The first kappa shape index (κ1) is 22.5. The predicted octanol–water partition coefficient (Wildman–Crippen LogP) is 3.16. The number of sulfonamides is 1. The van der Waals surface area contributed by atoms with Gasteiger partial charge in [-0.3, -0.25) is 14.5 Å². The smallest absolute Gasteiger partial charge is 0.241 e. The highest BCUT2D eigenvalue weighted by Gasteiger charge is 2.47. The lowest BCUT2D eigenvalue weighted by Crippen LogP contribution is -2.30. The molecule has 0 unspecified atom stereocenters. The quantitative estimate of drug-likeness (QED) is 0.646. The van der Waals surface area contributed by atoms with Gasteiger partial charge in [-0.15, -0.1) is 0 Å². The Kier molecular flexibility index (Phi) is 6.35. The summed E-state index contributed by atoms with van der Waals surface area (Å²) in [6.45, 7) is 1.91. The summed E-state index contributed by atoms with van der Waals surface area (Å²) in [7, 11) is -2.27. The predicted molar refractivity (Wildman–Crippen MR) is 119 cm³/mol. The number of methoxy groups -OCH3 is 1. The largest absolute Gasteiger partial charge is 0.496 e. The number of para-hydroxylation sites is 1. The number of amides is 2. The Balaban J connectivity index is 1.53. The molecule has 0 radical (unpaired) electrons. The molecule has 0 bridgehead atoms. The van der Waals surface area contributed by atoms with Crippen LogP contribution in [0.1, 0.15) is 42.4 Å². The summed E-state index contributed by atoms with van der Waals surface area (Å²) in [6.07, 6.45) is 3.45. The first-order valence-electron chi connectivity index (χ1n) is 10.9. The van der Waals surface area contributed by atoms with Gasteiger partial charge in [-0.2, -0.15) is 0 Å². The van der Waals surface area contributed by atoms with Gasteiger partial charge in [-0.25, -0.2) is 13.1 Å². The van der Waals surface area contributed by atoms with Gasteiger partial charge in [-0.05, 0) is 43.0 Å². The molecule has 1 aliphatic heterocycles. The molecule has 2 atom stereocenters. The molecule has 1 heterocycles. The van der Waals surface area contributed by atoms with E-state index in [0.717, 1.165) is 31.2 Å². The number of ether oxygens (including phenoxy) is 1. The molecular formula is C24H28N2O5S. The van der Waals surface area contributed by atoms with Gasteiger partial charge in [0.2, 0.25) is 21.8 Å². The lowest BCUT2D eigenvalue weighted by Gasteiger charge is -2.19. The second kappa shape index (κ2) is 9.03. The molecule has 0 aromatic heterocycles. The second-order valence-electron chi connectivity index (χ2n) is 8.50. The number of nitrogens with one attached hydrogen (secondary N) is 1. The second-order valence-corrected chi connectivity index (χ2v) is 10.2. The average Bonchev–Trinajstić information content (AvgIpc) is 3.04. The van der Waals surface area contributed by atoms with Crippen LogP contribution in [0.4, 0.5) is 0 Å². The number of likely N-dealkylation sites (tertiary alicyclic amines) is 1. The first-order valence-corrected chi connectivity index (χ1v) is 12.4. The van der Waals surface area contributed by atoms with Crippen LogP contribution in [0, 0.1) is 18.8 Å². The molecule has 1 saturated carbocycles. The Labute approximate surface area is 188 Å². The highest BCUT2D eigenvalue weighted by atomic mass is 32.2. The van der Waals surface area contributed by atoms with E-state index in [1.165, 1.54) is 12.0 Å². The molecule has 1 saturated heterocycles. The third-order valence-corrected chi connectivity index (χ3v) is 8.00. The number of benzene rings is 2. The monoisotopic (exact) mass is 456 g/mol. The molecule has 2 aliphatic rings. The molecule has 0 spiro atoms. The maximum Gasteiger partial charge on any atom is 0.241 e. The van der Waals surface area contributed by atoms with E-state index in [2.05, 4.69) is 4.72 Å². The highest BCUT2D eigenvalue weighted by molar-refractivity contribution is 7.89. The maximum atomic E-state index is 13.0. The zero-order valence-electron chi connectivity index (χ0n) is 18.3. The number of hydrogen-bond acceptors (Lipinski definition) is 5. The maximum absolute atomic E-state index is 13.0. The third kappa shape index (κ3) is 4.29. The van der Waals surface area contributed by atoms with Crippen LogP contribution in [0.3, 0.4) is 0 Å². The van der Waals surface area contributed by atoms with Crippen LogP contribution < -0.4 is 9.46 Å². The summed E-state index contributed by atoms with van der Waals surface area (Å²) in [4.78, 5) is 27.0. The van der Waals surface area contributed by atoms with Crippen molar-refractivity contribution in [3.63, 3.8) is 0 Å². The molecular weight excluding hydrogens is 428 g/mol. The van der Waals surface area contributed by atoms with Crippen LogP contribution in [-0.4, -0.2) is 32.2 Å². The van der Waals surface area contributed by atoms with Gasteiger partial charge >= 0.3 is 0 Å². The first-order chi connectivity index (χ1) is 15.3. The zero-order valence-corrected chi connectivity index (χ0v) is 19.2. The number of fused-ring (bicyclic) bond motifs is 1. The molecule has 2 aromatic rings. The summed E-state index contributed by atoms with van der Waals surface area (Å²) in [5.74, 6) is -0.0778. The number of carbonyl (C=O) groups is 2. The molecule has 7 nitrogen and oxygen atoms in total. The molecule has 2 fully saturated rings. The molecule has 2 aromatic carbocycles. The van der Waals surface area contributed by atoms with E-state index in [4.69, 9.17) is 4.74 Å². The zero-order chi connectivity index (χ0) is 22.9. The number of rotatable bonds is 7. The van der Waals surface area contributed by atoms with Crippen LogP contribution in [0.15, 0.2) is 47.4 Å². The summed E-state index contributed by atoms with van der Waals surface area (Å²) in [6, 6.07) is 12.3. The Morgan fingerprint density at radius 3 is 2.34 bits per heavy atom. The Morgan fingerprint density at radius 2 is 1.69 bits per heavy atom. The van der Waals surface area contributed by atoms with Crippen LogP contribution in [0.25, 0.3) is 0 Å². The van der Waals surface area contributed by atoms with Crippen molar-refractivity contribution in [2.75, 3.05) is 7.11 Å². The topological polar surface area (TPSA) is 92.8 Å². The number of imide groups is 1. The Hall–Kier alpha value is -2.71. The van der Waals surface area contributed by atoms with Crippen LogP contribution >= 0.6 is 0 Å². The normalized spacial score (nSPS) is 21.0. The molecule has 2 amide bonds. The van der Waals surface area contributed by atoms with Gasteiger partial charge in [0.15, 0.2) is 0 Å². The fourth-order valence-corrected chi connectivity index (χ4v) is 6.00. The van der Waals surface area contributed by atoms with E-state index in [-0.39, 0.29) is 41.6 Å². The van der Waals surface area contributed by atoms with Crippen LogP contribution in [0.5, 0.6) is 5.75 Å². The SMILES string of the molecule is COc1ccccc1CNS(=O)(=O)c1cc(CN2C(=O)[C@H]3CCCC[C@@H]3C2=O)ccc1C. The van der Waals surface area contributed by atoms with E-state index in [1.807, 2.05) is 12.1 Å². The molecule has 1 N–H and O–H groups in total. The molecule has 32 heavy (non-hydrogen) atoms. The number of carbonyl (C=O) groups excluding carboxylic acids is 2.